The molecule has 0 spiro atoms. The summed E-state index contributed by atoms with van der Waals surface area (Å²) in [5, 5.41) is 19.5. The number of carbonyl (C=O) groups excluding carboxylic acids is 1. The predicted molar refractivity (Wildman–Crippen MR) is 113 cm³/mol. The molecule has 0 aliphatic carbocycles. The molecule has 1 amide bonds. The van der Waals surface area contributed by atoms with Gasteiger partial charge in [0.15, 0.2) is 5.43 Å². The monoisotopic (exact) mass is 437 g/mol. The number of aromatic hydroxyl groups is 1. The van der Waals surface area contributed by atoms with Crippen LogP contribution in [0.1, 0.15) is 46.1 Å². The van der Waals surface area contributed by atoms with E-state index in [0.717, 1.165) is 17.5 Å². The van der Waals surface area contributed by atoms with E-state index in [1.165, 1.54) is 40.5 Å². The Morgan fingerprint density at radius 1 is 1.19 bits per heavy atom. The summed E-state index contributed by atoms with van der Waals surface area (Å²) in [5.41, 5.74) is 0.209. The third kappa shape index (κ3) is 3.09. The SMILES string of the molecule is CCCc1nnc(N2C(=O)c3oc4ccc(F)cc4c(=O)c3[C@@H]2c2cccc(O)c2)s1. The van der Waals surface area contributed by atoms with Gasteiger partial charge in [-0.1, -0.05) is 30.4 Å². The van der Waals surface area contributed by atoms with Crippen LogP contribution in [0.2, 0.25) is 0 Å². The molecule has 2 aromatic heterocycles. The molecule has 0 saturated carbocycles. The van der Waals surface area contributed by atoms with Crippen LogP contribution in [0.5, 0.6) is 5.75 Å². The summed E-state index contributed by atoms with van der Waals surface area (Å²) in [5.74, 6) is -1.25. The first-order chi connectivity index (χ1) is 15.0. The first-order valence-corrected chi connectivity index (χ1v) is 10.5. The number of hydrogen-bond acceptors (Lipinski definition) is 7. The van der Waals surface area contributed by atoms with Gasteiger partial charge in [0.1, 0.15) is 22.2 Å². The number of phenols is 1. The quantitative estimate of drug-likeness (QED) is 0.514. The smallest absolute Gasteiger partial charge is 0.297 e. The van der Waals surface area contributed by atoms with E-state index in [2.05, 4.69) is 10.2 Å². The van der Waals surface area contributed by atoms with Crippen molar-refractivity contribution in [3.8, 4) is 5.75 Å². The summed E-state index contributed by atoms with van der Waals surface area (Å²) < 4.78 is 19.6. The van der Waals surface area contributed by atoms with E-state index >= 15 is 0 Å². The second-order valence-corrected chi connectivity index (χ2v) is 8.26. The zero-order valence-corrected chi connectivity index (χ0v) is 17.1. The van der Waals surface area contributed by atoms with Gasteiger partial charge in [-0.15, -0.1) is 10.2 Å². The van der Waals surface area contributed by atoms with Crippen LogP contribution in [0.4, 0.5) is 9.52 Å². The molecule has 1 N–H and O–H groups in total. The van der Waals surface area contributed by atoms with Crippen molar-refractivity contribution < 1.29 is 18.7 Å². The number of halogens is 1. The molecule has 1 atom stereocenters. The largest absolute Gasteiger partial charge is 0.508 e. The number of nitrogens with zero attached hydrogens (tertiary/aromatic N) is 3. The molecule has 1 aliphatic heterocycles. The lowest BCUT2D eigenvalue weighted by molar-refractivity contribution is 0.0970. The maximum Gasteiger partial charge on any atom is 0.297 e. The number of phenolic OH excluding ortho intramolecular Hbond substituents is 1. The lowest BCUT2D eigenvalue weighted by atomic mass is 9.98. The molecule has 0 unspecified atom stereocenters. The van der Waals surface area contributed by atoms with Crippen molar-refractivity contribution >= 4 is 33.3 Å². The Balaban J connectivity index is 1.78. The molecule has 9 heteroatoms. The molecule has 1 aliphatic rings. The first-order valence-electron chi connectivity index (χ1n) is 9.69. The lowest BCUT2D eigenvalue weighted by Gasteiger charge is -2.22. The Morgan fingerprint density at radius 2 is 2.03 bits per heavy atom. The molecule has 156 valence electrons. The second-order valence-electron chi connectivity index (χ2n) is 7.22. The van der Waals surface area contributed by atoms with Gasteiger partial charge in [-0.25, -0.2) is 4.39 Å². The van der Waals surface area contributed by atoms with E-state index in [9.17, 15) is 19.1 Å². The zero-order valence-electron chi connectivity index (χ0n) is 16.3. The van der Waals surface area contributed by atoms with Gasteiger partial charge in [0.2, 0.25) is 10.9 Å². The fraction of sp³-hybridized carbons (Fsp3) is 0.182. The summed E-state index contributed by atoms with van der Waals surface area (Å²) >= 11 is 1.26. The van der Waals surface area contributed by atoms with Gasteiger partial charge in [-0.2, -0.15) is 0 Å². The van der Waals surface area contributed by atoms with E-state index < -0.39 is 23.2 Å². The molecular weight excluding hydrogens is 421 g/mol. The number of amides is 1. The van der Waals surface area contributed by atoms with Crippen LogP contribution in [0, 0.1) is 5.82 Å². The Hall–Kier alpha value is -3.59. The van der Waals surface area contributed by atoms with Gasteiger partial charge in [0.25, 0.3) is 5.91 Å². The molecule has 0 fully saturated rings. The maximum absolute atomic E-state index is 13.8. The number of anilines is 1. The minimum atomic E-state index is -0.888. The van der Waals surface area contributed by atoms with Crippen molar-refractivity contribution in [2.45, 2.75) is 25.8 Å². The average molecular weight is 437 g/mol. The number of carbonyl (C=O) groups is 1. The van der Waals surface area contributed by atoms with Crippen LogP contribution in [-0.4, -0.2) is 21.2 Å². The van der Waals surface area contributed by atoms with Gasteiger partial charge in [0.05, 0.1) is 17.0 Å². The van der Waals surface area contributed by atoms with E-state index in [4.69, 9.17) is 4.42 Å². The zero-order chi connectivity index (χ0) is 21.7. The van der Waals surface area contributed by atoms with E-state index in [-0.39, 0.29) is 28.0 Å². The van der Waals surface area contributed by atoms with Crippen molar-refractivity contribution in [3.05, 3.63) is 80.4 Å². The van der Waals surface area contributed by atoms with Crippen LogP contribution in [0.3, 0.4) is 0 Å². The highest BCUT2D eigenvalue weighted by Gasteiger charge is 2.45. The van der Waals surface area contributed by atoms with E-state index in [0.29, 0.717) is 17.1 Å². The normalized spacial score (nSPS) is 15.6. The molecule has 4 aromatic rings. The van der Waals surface area contributed by atoms with Gasteiger partial charge in [-0.05, 0) is 42.3 Å². The Bertz CT molecular complexity index is 1400. The molecule has 0 bridgehead atoms. The number of aromatic nitrogens is 2. The Labute approximate surface area is 179 Å². The molecule has 2 aromatic carbocycles. The molecule has 5 rings (SSSR count). The topological polar surface area (TPSA) is 96.5 Å². The van der Waals surface area contributed by atoms with Crippen molar-refractivity contribution in [2.24, 2.45) is 0 Å². The fourth-order valence-corrected chi connectivity index (χ4v) is 4.78. The van der Waals surface area contributed by atoms with Crippen LogP contribution in [0.15, 0.2) is 51.7 Å². The predicted octanol–water partition coefficient (Wildman–Crippen LogP) is 4.19. The number of aryl methyl sites for hydroxylation is 1. The van der Waals surface area contributed by atoms with Crippen LogP contribution >= 0.6 is 11.3 Å². The van der Waals surface area contributed by atoms with Gasteiger partial charge in [0, 0.05) is 6.42 Å². The first kappa shape index (κ1) is 19.4. The Morgan fingerprint density at radius 3 is 2.81 bits per heavy atom. The van der Waals surface area contributed by atoms with Crippen molar-refractivity contribution in [3.63, 3.8) is 0 Å². The minimum absolute atomic E-state index is 0.0153. The van der Waals surface area contributed by atoms with Crippen molar-refractivity contribution in [1.82, 2.24) is 10.2 Å². The molecule has 3 heterocycles. The lowest BCUT2D eigenvalue weighted by Crippen LogP contribution is -2.29. The standard InChI is InChI=1S/C22H16FN3O4S/c1-2-4-16-24-25-22(31-16)26-18(11-5-3-6-13(27)9-11)17-19(28)14-10-12(23)7-8-15(14)30-20(17)21(26)29/h3,5-10,18,27H,2,4H2,1H3/t18-/m0/s1. The van der Waals surface area contributed by atoms with E-state index in [1.54, 1.807) is 12.1 Å². The number of benzene rings is 2. The summed E-state index contributed by atoms with van der Waals surface area (Å²) in [6, 6.07) is 9.00. The number of fused-ring (bicyclic) bond motifs is 2. The van der Waals surface area contributed by atoms with E-state index in [1.807, 2.05) is 6.92 Å². The van der Waals surface area contributed by atoms with Gasteiger partial charge < -0.3 is 9.52 Å². The molecule has 0 radical (unpaired) electrons. The Kier molecular flexibility index (Phi) is 4.55. The van der Waals surface area contributed by atoms with Crippen molar-refractivity contribution in [2.75, 3.05) is 4.90 Å². The third-order valence-electron chi connectivity index (χ3n) is 5.14. The molecule has 7 nitrogen and oxygen atoms in total. The highest BCUT2D eigenvalue weighted by molar-refractivity contribution is 7.15. The van der Waals surface area contributed by atoms with Gasteiger partial charge in [-0.3, -0.25) is 14.5 Å². The summed E-state index contributed by atoms with van der Waals surface area (Å²) in [7, 11) is 0. The molecular formula is C22H16FN3O4S. The van der Waals surface area contributed by atoms with Crippen LogP contribution in [0.25, 0.3) is 11.0 Å². The molecule has 0 saturated heterocycles. The van der Waals surface area contributed by atoms with Crippen LogP contribution < -0.4 is 10.3 Å². The average Bonchev–Trinajstić information content (AvgIpc) is 3.31. The second kappa shape index (κ2) is 7.28. The summed E-state index contributed by atoms with van der Waals surface area (Å²) in [6.07, 6.45) is 1.58. The molecule has 31 heavy (non-hydrogen) atoms. The maximum atomic E-state index is 13.8. The number of hydrogen-bond donors (Lipinski definition) is 1. The third-order valence-corrected chi connectivity index (χ3v) is 6.13. The number of rotatable bonds is 4. The highest BCUT2D eigenvalue weighted by Crippen LogP contribution is 2.42. The van der Waals surface area contributed by atoms with Crippen LogP contribution in [-0.2, 0) is 6.42 Å². The summed E-state index contributed by atoms with van der Waals surface area (Å²) in [4.78, 5) is 28.1. The minimum Gasteiger partial charge on any atom is -0.508 e. The summed E-state index contributed by atoms with van der Waals surface area (Å²) in [6.45, 7) is 2.01. The fourth-order valence-electron chi connectivity index (χ4n) is 3.81. The van der Waals surface area contributed by atoms with Gasteiger partial charge >= 0.3 is 0 Å². The van der Waals surface area contributed by atoms with Crippen molar-refractivity contribution in [1.29, 1.82) is 0 Å². The highest BCUT2D eigenvalue weighted by atomic mass is 32.1.